The second-order valence-corrected chi connectivity index (χ2v) is 6.61. The molecule has 0 spiro atoms. The monoisotopic (exact) mass is 346 g/mol. The molecule has 7 heteroatoms. The zero-order valence-corrected chi connectivity index (χ0v) is 15.0. The fraction of sp³-hybridized carbons (Fsp3) is 0.611. The van der Waals surface area contributed by atoms with E-state index in [9.17, 15) is 9.59 Å². The maximum Gasteiger partial charge on any atom is 0.272 e. The molecule has 25 heavy (non-hydrogen) atoms. The van der Waals surface area contributed by atoms with Crippen molar-refractivity contribution in [1.82, 2.24) is 19.7 Å². The predicted molar refractivity (Wildman–Crippen MR) is 93.3 cm³/mol. The highest BCUT2D eigenvalue weighted by atomic mass is 16.5. The quantitative estimate of drug-likeness (QED) is 0.792. The number of ether oxygens (including phenoxy) is 1. The van der Waals surface area contributed by atoms with Gasteiger partial charge in [-0.3, -0.25) is 14.5 Å². The number of hydrogen-bond donors (Lipinski definition) is 0. The van der Waals surface area contributed by atoms with Crippen molar-refractivity contribution in [1.29, 1.82) is 0 Å². The minimum absolute atomic E-state index is 0.0319. The average Bonchev–Trinajstić information content (AvgIpc) is 2.67. The molecule has 2 saturated heterocycles. The Morgan fingerprint density at radius 2 is 1.72 bits per heavy atom. The highest BCUT2D eigenvalue weighted by Crippen LogP contribution is 2.12. The van der Waals surface area contributed by atoms with Crippen LogP contribution in [0.3, 0.4) is 0 Å². The van der Waals surface area contributed by atoms with Gasteiger partial charge in [0.15, 0.2) is 0 Å². The maximum absolute atomic E-state index is 12.6. The third-order valence-corrected chi connectivity index (χ3v) is 4.94. The number of nitrogens with zero attached hydrogens (tertiary/aromatic N) is 4. The van der Waals surface area contributed by atoms with E-state index in [2.05, 4.69) is 9.88 Å². The molecular formula is C18H26N4O3. The molecule has 0 N–H and O–H groups in total. The van der Waals surface area contributed by atoms with E-state index < -0.39 is 0 Å². The van der Waals surface area contributed by atoms with Gasteiger partial charge in [0, 0.05) is 45.0 Å². The Kier molecular flexibility index (Phi) is 5.65. The Hall–Kier alpha value is -1.99. The van der Waals surface area contributed by atoms with Gasteiger partial charge in [-0.25, -0.2) is 4.98 Å². The Morgan fingerprint density at radius 1 is 1.04 bits per heavy atom. The number of carbonyl (C=O) groups is 2. The first-order valence-corrected chi connectivity index (χ1v) is 8.90. The summed E-state index contributed by atoms with van der Waals surface area (Å²) in [5.41, 5.74) is 1.33. The van der Waals surface area contributed by atoms with Crippen LogP contribution in [-0.4, -0.2) is 90.0 Å². The van der Waals surface area contributed by atoms with Crippen LogP contribution < -0.4 is 0 Å². The van der Waals surface area contributed by atoms with Crippen molar-refractivity contribution in [3.8, 4) is 0 Å². The van der Waals surface area contributed by atoms with Gasteiger partial charge < -0.3 is 14.5 Å². The molecule has 1 aromatic rings. The lowest BCUT2D eigenvalue weighted by Gasteiger charge is -2.39. The molecule has 0 unspecified atom stereocenters. The van der Waals surface area contributed by atoms with Crippen molar-refractivity contribution >= 4 is 11.8 Å². The van der Waals surface area contributed by atoms with Crippen LogP contribution in [0.25, 0.3) is 0 Å². The molecule has 0 aliphatic carbocycles. The van der Waals surface area contributed by atoms with Crippen molar-refractivity contribution in [2.45, 2.75) is 19.9 Å². The molecule has 2 fully saturated rings. The second-order valence-electron chi connectivity index (χ2n) is 6.61. The molecule has 2 aliphatic heterocycles. The predicted octanol–water partition coefficient (Wildman–Crippen LogP) is 0.395. The lowest BCUT2D eigenvalue weighted by Crippen LogP contribution is -2.56. The van der Waals surface area contributed by atoms with Gasteiger partial charge in [-0.05, 0) is 26.0 Å². The Balaban J connectivity index is 1.54. The summed E-state index contributed by atoms with van der Waals surface area (Å²) in [7, 11) is 0. The first kappa shape index (κ1) is 17.8. The largest absolute Gasteiger partial charge is 0.378 e. The number of rotatable bonds is 3. The van der Waals surface area contributed by atoms with Gasteiger partial charge in [0.1, 0.15) is 5.69 Å². The summed E-state index contributed by atoms with van der Waals surface area (Å²) in [6.45, 7) is 9.05. The summed E-state index contributed by atoms with van der Waals surface area (Å²) in [6, 6.07) is 5.34. The summed E-state index contributed by atoms with van der Waals surface area (Å²) in [6.07, 6.45) is 0. The van der Waals surface area contributed by atoms with Gasteiger partial charge >= 0.3 is 0 Å². The van der Waals surface area contributed by atoms with Crippen molar-refractivity contribution in [3.63, 3.8) is 0 Å². The number of piperazine rings is 1. The highest BCUT2D eigenvalue weighted by Gasteiger charge is 2.31. The molecule has 2 amide bonds. The van der Waals surface area contributed by atoms with Crippen LogP contribution in [0.15, 0.2) is 18.2 Å². The SMILES string of the molecule is Cc1cccc(C(=O)N2CCN([C@@H](C)C(=O)N3CCOCC3)CC2)n1. The van der Waals surface area contributed by atoms with E-state index in [1.807, 2.05) is 35.8 Å². The fourth-order valence-electron chi connectivity index (χ4n) is 3.34. The summed E-state index contributed by atoms with van der Waals surface area (Å²) in [4.78, 5) is 35.3. The van der Waals surface area contributed by atoms with Crippen LogP contribution in [0.4, 0.5) is 0 Å². The number of aryl methyl sites for hydroxylation is 1. The van der Waals surface area contributed by atoms with E-state index in [1.165, 1.54) is 0 Å². The standard InChI is InChI=1S/C18H26N4O3/c1-14-4-3-5-16(19-14)18(24)21-8-6-20(7-9-21)15(2)17(23)22-10-12-25-13-11-22/h3-5,15H,6-13H2,1-2H3/t15-/m0/s1. The molecule has 0 radical (unpaired) electrons. The van der Waals surface area contributed by atoms with Crippen molar-refractivity contribution in [2.75, 3.05) is 52.5 Å². The van der Waals surface area contributed by atoms with E-state index in [4.69, 9.17) is 4.74 Å². The maximum atomic E-state index is 12.6. The third-order valence-electron chi connectivity index (χ3n) is 4.94. The smallest absolute Gasteiger partial charge is 0.272 e. The van der Waals surface area contributed by atoms with Crippen LogP contribution in [0.5, 0.6) is 0 Å². The Bertz CT molecular complexity index is 623. The molecule has 7 nitrogen and oxygen atoms in total. The van der Waals surface area contributed by atoms with E-state index in [-0.39, 0.29) is 17.9 Å². The number of amides is 2. The lowest BCUT2D eigenvalue weighted by molar-refractivity contribution is -0.141. The van der Waals surface area contributed by atoms with Gasteiger partial charge in [0.2, 0.25) is 5.91 Å². The molecular weight excluding hydrogens is 320 g/mol. The topological polar surface area (TPSA) is 66.0 Å². The molecule has 3 rings (SSSR count). The normalized spacial score (nSPS) is 20.4. The van der Waals surface area contributed by atoms with Gasteiger partial charge in [-0.1, -0.05) is 6.07 Å². The molecule has 1 aromatic heterocycles. The van der Waals surface area contributed by atoms with Gasteiger partial charge in [-0.15, -0.1) is 0 Å². The lowest BCUT2D eigenvalue weighted by atomic mass is 10.2. The number of carbonyl (C=O) groups excluding carboxylic acids is 2. The minimum Gasteiger partial charge on any atom is -0.378 e. The molecule has 2 aliphatic rings. The Labute approximate surface area is 148 Å². The summed E-state index contributed by atoms with van der Waals surface area (Å²) in [5, 5.41) is 0. The number of morpholine rings is 1. The minimum atomic E-state index is -0.160. The van der Waals surface area contributed by atoms with Crippen molar-refractivity contribution < 1.29 is 14.3 Å². The van der Waals surface area contributed by atoms with Gasteiger partial charge in [-0.2, -0.15) is 0 Å². The van der Waals surface area contributed by atoms with Crippen LogP contribution in [0, 0.1) is 6.92 Å². The van der Waals surface area contributed by atoms with Crippen LogP contribution in [0.1, 0.15) is 23.1 Å². The van der Waals surface area contributed by atoms with Crippen LogP contribution in [-0.2, 0) is 9.53 Å². The van der Waals surface area contributed by atoms with E-state index in [0.29, 0.717) is 58.2 Å². The van der Waals surface area contributed by atoms with Crippen LogP contribution in [0.2, 0.25) is 0 Å². The number of aromatic nitrogens is 1. The first-order chi connectivity index (χ1) is 12.1. The summed E-state index contributed by atoms with van der Waals surface area (Å²) < 4.78 is 5.31. The third kappa shape index (κ3) is 4.16. The molecule has 3 heterocycles. The van der Waals surface area contributed by atoms with Crippen LogP contribution >= 0.6 is 0 Å². The Morgan fingerprint density at radius 3 is 2.36 bits per heavy atom. The van der Waals surface area contributed by atoms with E-state index in [0.717, 1.165) is 5.69 Å². The van der Waals surface area contributed by atoms with E-state index in [1.54, 1.807) is 6.07 Å². The number of pyridine rings is 1. The molecule has 0 saturated carbocycles. The fourth-order valence-corrected chi connectivity index (χ4v) is 3.34. The second kappa shape index (κ2) is 7.93. The average molecular weight is 346 g/mol. The van der Waals surface area contributed by atoms with Gasteiger partial charge in [0.25, 0.3) is 5.91 Å². The molecule has 1 atom stereocenters. The summed E-state index contributed by atoms with van der Waals surface area (Å²) in [5.74, 6) is 0.124. The zero-order valence-electron chi connectivity index (χ0n) is 15.0. The first-order valence-electron chi connectivity index (χ1n) is 8.90. The highest BCUT2D eigenvalue weighted by molar-refractivity contribution is 5.92. The van der Waals surface area contributed by atoms with Crippen molar-refractivity contribution in [2.24, 2.45) is 0 Å². The molecule has 0 bridgehead atoms. The summed E-state index contributed by atoms with van der Waals surface area (Å²) >= 11 is 0. The van der Waals surface area contributed by atoms with E-state index >= 15 is 0 Å². The number of hydrogen-bond acceptors (Lipinski definition) is 5. The zero-order chi connectivity index (χ0) is 17.8. The molecule has 136 valence electrons. The van der Waals surface area contributed by atoms with Gasteiger partial charge in [0.05, 0.1) is 19.3 Å². The molecule has 0 aromatic carbocycles. The van der Waals surface area contributed by atoms with Crippen molar-refractivity contribution in [3.05, 3.63) is 29.6 Å².